The van der Waals surface area contributed by atoms with Crippen molar-refractivity contribution in [1.82, 2.24) is 0 Å². The molecule has 1 aliphatic rings. The number of anilines is 1. The highest BCUT2D eigenvalue weighted by atomic mass is 32.2. The third-order valence-corrected chi connectivity index (χ3v) is 5.82. The van der Waals surface area contributed by atoms with E-state index in [9.17, 15) is 13.2 Å². The smallest absolute Gasteiger partial charge is 0.228 e. The molecule has 2 rings (SSSR count). The van der Waals surface area contributed by atoms with Crippen molar-refractivity contribution >= 4 is 21.4 Å². The van der Waals surface area contributed by atoms with Crippen LogP contribution >= 0.6 is 0 Å². The predicted octanol–water partition coefficient (Wildman–Crippen LogP) is 1.30. The van der Waals surface area contributed by atoms with E-state index in [4.69, 9.17) is 5.73 Å². The molecule has 1 fully saturated rings. The molecule has 1 saturated heterocycles. The SMILES string of the molecule is CC(C)(CN)c1ccc(NC(=O)C2CCS(=O)(=O)C2)cc1. The van der Waals surface area contributed by atoms with Gasteiger partial charge in [-0.05, 0) is 24.1 Å². The van der Waals surface area contributed by atoms with Crippen molar-refractivity contribution in [3.63, 3.8) is 0 Å². The molecule has 0 bridgehead atoms. The number of benzene rings is 1. The van der Waals surface area contributed by atoms with E-state index in [0.717, 1.165) is 5.56 Å². The van der Waals surface area contributed by atoms with Gasteiger partial charge in [-0.1, -0.05) is 26.0 Å². The molecule has 5 nitrogen and oxygen atoms in total. The number of nitrogens with two attached hydrogens (primary N) is 1. The van der Waals surface area contributed by atoms with Crippen LogP contribution in [0.25, 0.3) is 0 Å². The molecule has 1 heterocycles. The van der Waals surface area contributed by atoms with Crippen LogP contribution in [0, 0.1) is 5.92 Å². The van der Waals surface area contributed by atoms with Gasteiger partial charge >= 0.3 is 0 Å². The molecule has 1 aliphatic heterocycles. The quantitative estimate of drug-likeness (QED) is 0.877. The van der Waals surface area contributed by atoms with Gasteiger partial charge in [-0.15, -0.1) is 0 Å². The topological polar surface area (TPSA) is 89.3 Å². The Bertz CT molecular complexity index is 621. The number of carbonyl (C=O) groups excluding carboxylic acids is 1. The normalized spacial score (nSPS) is 21.2. The first kappa shape index (κ1) is 16.0. The average Bonchev–Trinajstić information content (AvgIpc) is 2.80. The number of sulfone groups is 1. The second-order valence-electron chi connectivity index (χ2n) is 6.25. The van der Waals surface area contributed by atoms with E-state index < -0.39 is 15.8 Å². The Kier molecular flexibility index (Phi) is 4.39. The Morgan fingerprint density at radius 2 is 1.95 bits per heavy atom. The summed E-state index contributed by atoms with van der Waals surface area (Å²) in [6.07, 6.45) is 0.409. The van der Waals surface area contributed by atoms with Gasteiger partial charge in [-0.2, -0.15) is 0 Å². The monoisotopic (exact) mass is 310 g/mol. The first-order chi connectivity index (χ1) is 9.73. The Morgan fingerprint density at radius 3 is 2.43 bits per heavy atom. The molecule has 116 valence electrons. The molecule has 3 N–H and O–H groups in total. The van der Waals surface area contributed by atoms with Crippen molar-refractivity contribution in [3.05, 3.63) is 29.8 Å². The number of rotatable bonds is 4. The lowest BCUT2D eigenvalue weighted by atomic mass is 9.85. The van der Waals surface area contributed by atoms with Crippen molar-refractivity contribution in [1.29, 1.82) is 0 Å². The molecule has 1 aromatic carbocycles. The highest BCUT2D eigenvalue weighted by Gasteiger charge is 2.32. The Morgan fingerprint density at radius 1 is 1.33 bits per heavy atom. The molecule has 1 atom stereocenters. The van der Waals surface area contributed by atoms with Gasteiger partial charge < -0.3 is 11.1 Å². The standard InChI is InChI=1S/C15H22N2O3S/c1-15(2,10-16)12-3-5-13(6-4-12)17-14(18)11-7-8-21(19,20)9-11/h3-6,11H,7-10,16H2,1-2H3,(H,17,18). The molecule has 0 spiro atoms. The third-order valence-electron chi connectivity index (χ3n) is 4.05. The zero-order chi connectivity index (χ0) is 15.7. The van der Waals surface area contributed by atoms with E-state index in [1.165, 1.54) is 0 Å². The van der Waals surface area contributed by atoms with E-state index in [0.29, 0.717) is 18.7 Å². The van der Waals surface area contributed by atoms with Gasteiger partial charge in [-0.3, -0.25) is 4.79 Å². The van der Waals surface area contributed by atoms with E-state index in [1.807, 2.05) is 24.3 Å². The van der Waals surface area contributed by atoms with Crippen LogP contribution in [0.1, 0.15) is 25.8 Å². The molecule has 1 unspecified atom stereocenters. The summed E-state index contributed by atoms with van der Waals surface area (Å²) >= 11 is 0. The van der Waals surface area contributed by atoms with Crippen LogP contribution in [-0.2, 0) is 20.0 Å². The number of amides is 1. The molecule has 0 aliphatic carbocycles. The molecule has 6 heteroatoms. The van der Waals surface area contributed by atoms with E-state index in [2.05, 4.69) is 19.2 Å². The highest BCUT2D eigenvalue weighted by Crippen LogP contribution is 2.24. The van der Waals surface area contributed by atoms with Crippen LogP contribution in [0.5, 0.6) is 0 Å². The lowest BCUT2D eigenvalue weighted by Crippen LogP contribution is -2.28. The summed E-state index contributed by atoms with van der Waals surface area (Å²) in [5.41, 5.74) is 7.41. The first-order valence-corrected chi connectivity index (χ1v) is 8.87. The largest absolute Gasteiger partial charge is 0.330 e. The lowest BCUT2D eigenvalue weighted by molar-refractivity contribution is -0.119. The summed E-state index contributed by atoms with van der Waals surface area (Å²) in [5.74, 6) is -0.594. The molecule has 21 heavy (non-hydrogen) atoms. The van der Waals surface area contributed by atoms with Crippen molar-refractivity contribution in [2.45, 2.75) is 25.7 Å². The average molecular weight is 310 g/mol. The Balaban J connectivity index is 2.02. The van der Waals surface area contributed by atoms with Crippen molar-refractivity contribution in [3.8, 4) is 0 Å². The fourth-order valence-corrected chi connectivity index (χ4v) is 4.11. The zero-order valence-electron chi connectivity index (χ0n) is 12.4. The zero-order valence-corrected chi connectivity index (χ0v) is 13.2. The molecule has 0 saturated carbocycles. The summed E-state index contributed by atoms with van der Waals surface area (Å²) < 4.78 is 22.8. The van der Waals surface area contributed by atoms with Gasteiger partial charge in [0.05, 0.1) is 17.4 Å². The first-order valence-electron chi connectivity index (χ1n) is 7.05. The van der Waals surface area contributed by atoms with Crippen LogP contribution in [-0.4, -0.2) is 32.4 Å². The lowest BCUT2D eigenvalue weighted by Gasteiger charge is -2.23. The fourth-order valence-electron chi connectivity index (χ4n) is 2.37. The maximum Gasteiger partial charge on any atom is 0.228 e. The minimum Gasteiger partial charge on any atom is -0.330 e. The van der Waals surface area contributed by atoms with Crippen LogP contribution in [0.15, 0.2) is 24.3 Å². The molecule has 1 amide bonds. The summed E-state index contributed by atoms with van der Waals surface area (Å²) in [6.45, 7) is 4.66. The summed E-state index contributed by atoms with van der Waals surface area (Å²) in [6, 6.07) is 7.53. The van der Waals surface area contributed by atoms with Gasteiger partial charge in [-0.25, -0.2) is 8.42 Å². The van der Waals surface area contributed by atoms with Gasteiger partial charge in [0.25, 0.3) is 0 Å². The molecular formula is C15H22N2O3S. The third kappa shape index (κ3) is 3.83. The number of hydrogen-bond donors (Lipinski definition) is 2. The van der Waals surface area contributed by atoms with Gasteiger partial charge in [0.2, 0.25) is 5.91 Å². The van der Waals surface area contributed by atoms with E-state index >= 15 is 0 Å². The van der Waals surface area contributed by atoms with Crippen LogP contribution in [0.2, 0.25) is 0 Å². The summed E-state index contributed by atoms with van der Waals surface area (Å²) in [7, 11) is -3.04. The maximum atomic E-state index is 12.0. The van der Waals surface area contributed by atoms with E-state index in [1.54, 1.807) is 0 Å². The van der Waals surface area contributed by atoms with Crippen molar-refractivity contribution in [2.24, 2.45) is 11.7 Å². The molecular weight excluding hydrogens is 288 g/mol. The number of hydrogen-bond acceptors (Lipinski definition) is 4. The van der Waals surface area contributed by atoms with Gasteiger partial charge in [0.15, 0.2) is 9.84 Å². The molecule has 0 aromatic heterocycles. The summed E-state index contributed by atoms with van der Waals surface area (Å²) in [4.78, 5) is 12.0. The van der Waals surface area contributed by atoms with Gasteiger partial charge in [0.1, 0.15) is 0 Å². The van der Waals surface area contributed by atoms with Crippen LogP contribution < -0.4 is 11.1 Å². The number of carbonyl (C=O) groups is 1. The molecule has 1 aromatic rings. The minimum atomic E-state index is -3.04. The van der Waals surface area contributed by atoms with E-state index in [-0.39, 0.29) is 22.8 Å². The second kappa shape index (κ2) is 5.77. The van der Waals surface area contributed by atoms with Gasteiger partial charge in [0, 0.05) is 17.6 Å². The minimum absolute atomic E-state index is 0.0445. The Labute approximate surface area is 125 Å². The second-order valence-corrected chi connectivity index (χ2v) is 8.48. The fraction of sp³-hybridized carbons (Fsp3) is 0.533. The Hall–Kier alpha value is -1.40. The van der Waals surface area contributed by atoms with Crippen molar-refractivity contribution < 1.29 is 13.2 Å². The maximum absolute atomic E-state index is 12.0. The number of nitrogens with one attached hydrogen (secondary N) is 1. The van der Waals surface area contributed by atoms with Crippen LogP contribution in [0.4, 0.5) is 5.69 Å². The highest BCUT2D eigenvalue weighted by molar-refractivity contribution is 7.91. The summed E-state index contributed by atoms with van der Waals surface area (Å²) in [5, 5.41) is 2.78. The predicted molar refractivity (Wildman–Crippen MR) is 83.9 cm³/mol. The van der Waals surface area contributed by atoms with Crippen LogP contribution in [0.3, 0.4) is 0 Å². The van der Waals surface area contributed by atoms with Crippen molar-refractivity contribution in [2.75, 3.05) is 23.4 Å². The molecule has 0 radical (unpaired) electrons.